The fourth-order valence-electron chi connectivity index (χ4n) is 1.85. The molecule has 0 spiro atoms. The Kier molecular flexibility index (Phi) is 2.71. The molecule has 16 heavy (non-hydrogen) atoms. The molecule has 0 amide bonds. The maximum Gasteiger partial charge on any atom is 0.154 e. The standard InChI is InChI=1S/C9H14N4O2S/c1-7-6-16(14,15)3-2-13(7)9-5-11-4-8(10)12-9/h4-5,7H,2-3,6H2,1H3,(H2,10,12). The van der Waals surface area contributed by atoms with Crippen LogP contribution in [0, 0.1) is 0 Å². The van der Waals surface area contributed by atoms with Crippen LogP contribution in [0.25, 0.3) is 0 Å². The van der Waals surface area contributed by atoms with Crippen LogP contribution >= 0.6 is 0 Å². The van der Waals surface area contributed by atoms with Crippen molar-refractivity contribution in [1.82, 2.24) is 9.97 Å². The van der Waals surface area contributed by atoms with Gasteiger partial charge in [0.05, 0.1) is 23.9 Å². The largest absolute Gasteiger partial charge is 0.382 e. The highest BCUT2D eigenvalue weighted by Gasteiger charge is 2.28. The van der Waals surface area contributed by atoms with Crippen molar-refractivity contribution in [3.63, 3.8) is 0 Å². The fraction of sp³-hybridized carbons (Fsp3) is 0.556. The molecular weight excluding hydrogens is 228 g/mol. The number of sulfone groups is 1. The summed E-state index contributed by atoms with van der Waals surface area (Å²) in [5.41, 5.74) is 5.55. The van der Waals surface area contributed by atoms with Gasteiger partial charge in [-0.3, -0.25) is 4.98 Å². The van der Waals surface area contributed by atoms with Crippen LogP contribution in [-0.4, -0.2) is 42.5 Å². The van der Waals surface area contributed by atoms with E-state index in [-0.39, 0.29) is 17.5 Å². The van der Waals surface area contributed by atoms with Gasteiger partial charge < -0.3 is 10.6 Å². The lowest BCUT2D eigenvalue weighted by molar-refractivity contribution is 0.566. The number of nitrogen functional groups attached to an aromatic ring is 1. The van der Waals surface area contributed by atoms with E-state index in [1.54, 1.807) is 6.20 Å². The molecule has 0 bridgehead atoms. The van der Waals surface area contributed by atoms with Crippen molar-refractivity contribution in [3.8, 4) is 0 Å². The van der Waals surface area contributed by atoms with Crippen LogP contribution < -0.4 is 10.6 Å². The molecule has 0 saturated carbocycles. The Morgan fingerprint density at radius 3 is 2.88 bits per heavy atom. The highest BCUT2D eigenvalue weighted by Crippen LogP contribution is 2.19. The summed E-state index contributed by atoms with van der Waals surface area (Å²) in [6.07, 6.45) is 3.07. The van der Waals surface area contributed by atoms with Crippen molar-refractivity contribution in [2.75, 3.05) is 28.7 Å². The zero-order chi connectivity index (χ0) is 11.8. The fourth-order valence-corrected chi connectivity index (χ4v) is 3.40. The van der Waals surface area contributed by atoms with Gasteiger partial charge in [0.1, 0.15) is 11.6 Å². The molecule has 0 aliphatic carbocycles. The smallest absolute Gasteiger partial charge is 0.154 e. The number of nitrogens with zero attached hydrogens (tertiary/aromatic N) is 3. The van der Waals surface area contributed by atoms with E-state index in [0.717, 1.165) is 0 Å². The first-order valence-electron chi connectivity index (χ1n) is 5.02. The van der Waals surface area contributed by atoms with Crippen molar-refractivity contribution in [2.24, 2.45) is 0 Å². The van der Waals surface area contributed by atoms with Crippen molar-refractivity contribution in [1.29, 1.82) is 0 Å². The lowest BCUT2D eigenvalue weighted by Gasteiger charge is -2.33. The Balaban J connectivity index is 2.24. The van der Waals surface area contributed by atoms with Gasteiger partial charge in [0.15, 0.2) is 9.84 Å². The summed E-state index contributed by atoms with van der Waals surface area (Å²) in [7, 11) is -2.90. The molecule has 1 fully saturated rings. The third-order valence-electron chi connectivity index (χ3n) is 2.61. The minimum absolute atomic E-state index is 0.0881. The molecule has 7 heteroatoms. The molecule has 1 saturated heterocycles. The Morgan fingerprint density at radius 2 is 2.25 bits per heavy atom. The molecular formula is C9H14N4O2S. The van der Waals surface area contributed by atoms with Gasteiger partial charge in [-0.25, -0.2) is 13.4 Å². The van der Waals surface area contributed by atoms with Crippen molar-refractivity contribution < 1.29 is 8.42 Å². The predicted molar refractivity (Wildman–Crippen MR) is 61.9 cm³/mol. The molecule has 1 atom stereocenters. The van der Waals surface area contributed by atoms with Gasteiger partial charge in [0, 0.05) is 12.6 Å². The summed E-state index contributed by atoms with van der Waals surface area (Å²) in [6.45, 7) is 2.31. The summed E-state index contributed by atoms with van der Waals surface area (Å²) >= 11 is 0. The van der Waals surface area contributed by atoms with Crippen LogP contribution in [0.3, 0.4) is 0 Å². The Morgan fingerprint density at radius 1 is 1.50 bits per heavy atom. The van der Waals surface area contributed by atoms with Crippen LogP contribution in [0.2, 0.25) is 0 Å². The Labute approximate surface area is 94.4 Å². The first-order chi connectivity index (χ1) is 7.48. The highest BCUT2D eigenvalue weighted by atomic mass is 32.2. The van der Waals surface area contributed by atoms with Crippen molar-refractivity contribution in [2.45, 2.75) is 13.0 Å². The number of aromatic nitrogens is 2. The summed E-state index contributed by atoms with van der Waals surface area (Å²) in [5.74, 6) is 1.30. The summed E-state index contributed by atoms with van der Waals surface area (Å²) in [6, 6.07) is -0.0881. The zero-order valence-corrected chi connectivity index (χ0v) is 9.81. The minimum Gasteiger partial charge on any atom is -0.382 e. The third-order valence-corrected chi connectivity index (χ3v) is 4.40. The van der Waals surface area contributed by atoms with Gasteiger partial charge in [-0.1, -0.05) is 0 Å². The minimum atomic E-state index is -2.90. The topological polar surface area (TPSA) is 89.2 Å². The van der Waals surface area contributed by atoms with E-state index in [1.165, 1.54) is 6.20 Å². The van der Waals surface area contributed by atoms with E-state index in [0.29, 0.717) is 18.2 Å². The second-order valence-corrected chi connectivity index (χ2v) is 6.19. The van der Waals surface area contributed by atoms with Crippen LogP contribution in [0.4, 0.5) is 11.6 Å². The highest BCUT2D eigenvalue weighted by molar-refractivity contribution is 7.91. The molecule has 1 aromatic heterocycles. The summed E-state index contributed by atoms with van der Waals surface area (Å²) < 4.78 is 22.8. The van der Waals surface area contributed by atoms with E-state index < -0.39 is 9.84 Å². The summed E-state index contributed by atoms with van der Waals surface area (Å²) in [4.78, 5) is 10.0. The lowest BCUT2D eigenvalue weighted by atomic mass is 10.3. The van der Waals surface area contributed by atoms with Gasteiger partial charge in [-0.15, -0.1) is 0 Å². The second kappa shape index (κ2) is 3.89. The number of hydrogen-bond donors (Lipinski definition) is 1. The monoisotopic (exact) mass is 242 g/mol. The molecule has 2 rings (SSSR count). The quantitative estimate of drug-likeness (QED) is 0.726. The van der Waals surface area contributed by atoms with Crippen molar-refractivity contribution in [3.05, 3.63) is 12.4 Å². The Bertz CT molecular complexity index is 488. The van der Waals surface area contributed by atoms with Gasteiger partial charge in [0.2, 0.25) is 0 Å². The Hall–Kier alpha value is -1.37. The SMILES string of the molecule is CC1CS(=O)(=O)CCN1c1cncc(N)n1. The maximum atomic E-state index is 11.4. The van der Waals surface area contributed by atoms with Gasteiger partial charge in [-0.05, 0) is 6.92 Å². The lowest BCUT2D eigenvalue weighted by Crippen LogP contribution is -2.47. The van der Waals surface area contributed by atoms with E-state index in [1.807, 2.05) is 11.8 Å². The van der Waals surface area contributed by atoms with Crippen LogP contribution in [0.15, 0.2) is 12.4 Å². The average molecular weight is 242 g/mol. The number of hydrogen-bond acceptors (Lipinski definition) is 6. The molecule has 1 aliphatic heterocycles. The molecule has 1 aliphatic rings. The predicted octanol–water partition coefficient (Wildman–Crippen LogP) is -0.318. The van der Waals surface area contributed by atoms with E-state index in [4.69, 9.17) is 5.73 Å². The van der Waals surface area contributed by atoms with Crippen LogP contribution in [0.1, 0.15) is 6.92 Å². The molecule has 0 radical (unpaired) electrons. The second-order valence-electron chi connectivity index (χ2n) is 3.96. The molecule has 1 aromatic rings. The van der Waals surface area contributed by atoms with Crippen LogP contribution in [0.5, 0.6) is 0 Å². The number of rotatable bonds is 1. The maximum absolute atomic E-state index is 11.4. The molecule has 1 unspecified atom stereocenters. The van der Waals surface area contributed by atoms with E-state index >= 15 is 0 Å². The van der Waals surface area contributed by atoms with Gasteiger partial charge in [-0.2, -0.15) is 0 Å². The molecule has 0 aromatic carbocycles. The zero-order valence-electron chi connectivity index (χ0n) is 9.00. The normalized spacial score (nSPS) is 24.3. The van der Waals surface area contributed by atoms with E-state index in [9.17, 15) is 8.42 Å². The molecule has 2 N–H and O–H groups in total. The van der Waals surface area contributed by atoms with Gasteiger partial charge in [0.25, 0.3) is 0 Å². The average Bonchev–Trinajstić information content (AvgIpc) is 2.15. The number of nitrogens with two attached hydrogens (primary N) is 1. The van der Waals surface area contributed by atoms with Crippen LogP contribution in [-0.2, 0) is 9.84 Å². The summed E-state index contributed by atoms with van der Waals surface area (Å²) in [5, 5.41) is 0. The number of anilines is 2. The first-order valence-corrected chi connectivity index (χ1v) is 6.85. The first kappa shape index (κ1) is 11.1. The third kappa shape index (κ3) is 2.24. The van der Waals surface area contributed by atoms with Crippen molar-refractivity contribution >= 4 is 21.5 Å². The molecule has 88 valence electrons. The van der Waals surface area contributed by atoms with Gasteiger partial charge >= 0.3 is 0 Å². The molecule has 2 heterocycles. The molecule has 6 nitrogen and oxygen atoms in total. The van der Waals surface area contributed by atoms with E-state index in [2.05, 4.69) is 9.97 Å².